The Kier molecular flexibility index (Phi) is 4.22. The van der Waals surface area contributed by atoms with Crippen molar-refractivity contribution in [1.82, 2.24) is 15.0 Å². The number of anilines is 2. The summed E-state index contributed by atoms with van der Waals surface area (Å²) in [6, 6.07) is 1.74. The SMILES string of the molecule is Cc1cnc(CNc2cc(C(F)(F)F)cc(NN)n2)cn1. The summed E-state index contributed by atoms with van der Waals surface area (Å²) >= 11 is 0. The molecule has 0 saturated heterocycles. The van der Waals surface area contributed by atoms with Gasteiger partial charge in [0.1, 0.15) is 11.6 Å². The lowest BCUT2D eigenvalue weighted by Gasteiger charge is -2.12. The van der Waals surface area contributed by atoms with E-state index < -0.39 is 11.7 Å². The maximum absolute atomic E-state index is 12.7. The number of nitrogens with one attached hydrogen (secondary N) is 2. The lowest BCUT2D eigenvalue weighted by Crippen LogP contribution is -2.14. The molecule has 0 saturated carbocycles. The van der Waals surface area contributed by atoms with Crippen LogP contribution in [0.1, 0.15) is 17.0 Å². The maximum Gasteiger partial charge on any atom is 0.416 e. The van der Waals surface area contributed by atoms with E-state index in [9.17, 15) is 13.2 Å². The van der Waals surface area contributed by atoms with Crippen LogP contribution in [0.15, 0.2) is 24.5 Å². The van der Waals surface area contributed by atoms with Crippen LogP contribution in [0.4, 0.5) is 24.8 Å². The van der Waals surface area contributed by atoms with E-state index in [0.717, 1.165) is 17.8 Å². The minimum Gasteiger partial charge on any atom is -0.364 e. The molecular weight excluding hydrogens is 285 g/mol. The third-order valence-electron chi connectivity index (χ3n) is 2.59. The van der Waals surface area contributed by atoms with Crippen molar-refractivity contribution in [2.45, 2.75) is 19.6 Å². The largest absolute Gasteiger partial charge is 0.416 e. The van der Waals surface area contributed by atoms with Crippen molar-refractivity contribution in [3.05, 3.63) is 41.5 Å². The first-order valence-electron chi connectivity index (χ1n) is 5.96. The first-order chi connectivity index (χ1) is 9.88. The Labute approximate surface area is 118 Å². The molecule has 0 aliphatic heterocycles. The Morgan fingerprint density at radius 2 is 1.86 bits per heavy atom. The molecule has 0 aliphatic carbocycles. The lowest BCUT2D eigenvalue weighted by molar-refractivity contribution is -0.137. The standard InChI is InChI=1S/C12H13F3N6/c1-7-4-18-9(5-17-7)6-19-10-2-8(12(13,14)15)3-11(20-10)21-16/h2-5H,6,16H2,1H3,(H2,19,20,21). The Balaban J connectivity index is 2.17. The van der Waals surface area contributed by atoms with Gasteiger partial charge in [-0.1, -0.05) is 0 Å². The fourth-order valence-corrected chi connectivity index (χ4v) is 1.55. The van der Waals surface area contributed by atoms with Gasteiger partial charge in [0.25, 0.3) is 0 Å². The van der Waals surface area contributed by atoms with Crippen LogP contribution >= 0.6 is 0 Å². The van der Waals surface area contributed by atoms with Crippen LogP contribution in [0.5, 0.6) is 0 Å². The highest BCUT2D eigenvalue weighted by atomic mass is 19.4. The van der Waals surface area contributed by atoms with E-state index in [-0.39, 0.29) is 18.2 Å². The van der Waals surface area contributed by atoms with E-state index in [1.54, 1.807) is 13.1 Å². The summed E-state index contributed by atoms with van der Waals surface area (Å²) in [5.41, 5.74) is 2.60. The van der Waals surface area contributed by atoms with E-state index in [0.29, 0.717) is 5.69 Å². The van der Waals surface area contributed by atoms with Crippen LogP contribution < -0.4 is 16.6 Å². The Bertz CT molecular complexity index is 611. The molecule has 2 aromatic rings. The number of hydrazine groups is 1. The van der Waals surface area contributed by atoms with Crippen molar-refractivity contribution in [1.29, 1.82) is 0 Å². The van der Waals surface area contributed by atoms with Gasteiger partial charge in [0.2, 0.25) is 0 Å². The number of nitrogens with zero attached hydrogens (tertiary/aromatic N) is 3. The van der Waals surface area contributed by atoms with Gasteiger partial charge in [-0.25, -0.2) is 10.8 Å². The number of halogens is 3. The van der Waals surface area contributed by atoms with E-state index in [1.165, 1.54) is 6.20 Å². The normalized spacial score (nSPS) is 11.3. The summed E-state index contributed by atoms with van der Waals surface area (Å²) < 4.78 is 38.2. The molecule has 0 fully saturated rings. The summed E-state index contributed by atoms with van der Waals surface area (Å²) in [5.74, 6) is 5.09. The van der Waals surface area contributed by atoms with E-state index in [4.69, 9.17) is 5.84 Å². The molecule has 21 heavy (non-hydrogen) atoms. The molecule has 112 valence electrons. The number of hydrogen-bond acceptors (Lipinski definition) is 6. The molecule has 2 heterocycles. The molecule has 0 spiro atoms. The van der Waals surface area contributed by atoms with Crippen molar-refractivity contribution in [3.8, 4) is 0 Å². The topological polar surface area (TPSA) is 88.8 Å². The van der Waals surface area contributed by atoms with Gasteiger partial charge in [0.15, 0.2) is 0 Å². The Morgan fingerprint density at radius 1 is 1.14 bits per heavy atom. The molecule has 2 rings (SSSR count). The number of aromatic nitrogens is 3. The zero-order valence-electron chi connectivity index (χ0n) is 11.1. The van der Waals surface area contributed by atoms with E-state index in [2.05, 4.69) is 25.7 Å². The summed E-state index contributed by atoms with van der Waals surface area (Å²) in [6.07, 6.45) is -1.36. The first kappa shape index (κ1) is 15.0. The third kappa shape index (κ3) is 4.02. The number of hydrogen-bond donors (Lipinski definition) is 3. The average molecular weight is 298 g/mol. The number of rotatable bonds is 4. The van der Waals surface area contributed by atoms with Crippen molar-refractivity contribution < 1.29 is 13.2 Å². The van der Waals surface area contributed by atoms with Gasteiger partial charge in [0.05, 0.1) is 29.7 Å². The molecule has 0 radical (unpaired) electrons. The Hall–Kier alpha value is -2.42. The van der Waals surface area contributed by atoms with Gasteiger partial charge >= 0.3 is 6.18 Å². The molecule has 0 amide bonds. The highest BCUT2D eigenvalue weighted by molar-refractivity contribution is 5.49. The summed E-state index contributed by atoms with van der Waals surface area (Å²) in [4.78, 5) is 12.0. The number of nitrogen functional groups attached to an aromatic ring is 1. The van der Waals surface area contributed by atoms with Gasteiger partial charge in [-0.15, -0.1) is 0 Å². The number of pyridine rings is 1. The lowest BCUT2D eigenvalue weighted by atomic mass is 10.2. The highest BCUT2D eigenvalue weighted by Gasteiger charge is 2.31. The molecule has 0 aromatic carbocycles. The van der Waals surface area contributed by atoms with Crippen molar-refractivity contribution in [2.24, 2.45) is 5.84 Å². The van der Waals surface area contributed by atoms with Gasteiger partial charge in [0, 0.05) is 6.20 Å². The van der Waals surface area contributed by atoms with Gasteiger partial charge in [-0.2, -0.15) is 13.2 Å². The zero-order chi connectivity index (χ0) is 15.5. The predicted molar refractivity (Wildman–Crippen MR) is 71.1 cm³/mol. The fraction of sp³-hybridized carbons (Fsp3) is 0.250. The van der Waals surface area contributed by atoms with E-state index in [1.807, 2.05) is 0 Å². The Morgan fingerprint density at radius 3 is 2.43 bits per heavy atom. The molecule has 0 atom stereocenters. The molecule has 0 aliphatic rings. The molecule has 2 aromatic heterocycles. The second-order valence-corrected chi connectivity index (χ2v) is 4.27. The fourth-order valence-electron chi connectivity index (χ4n) is 1.55. The van der Waals surface area contributed by atoms with Crippen LogP contribution in [0.25, 0.3) is 0 Å². The minimum absolute atomic E-state index is 0.0418. The summed E-state index contributed by atoms with van der Waals surface area (Å²) in [7, 11) is 0. The monoisotopic (exact) mass is 298 g/mol. The van der Waals surface area contributed by atoms with E-state index >= 15 is 0 Å². The quantitative estimate of drug-likeness (QED) is 0.591. The van der Waals surface area contributed by atoms with Gasteiger partial charge in [-0.3, -0.25) is 9.97 Å². The molecule has 4 N–H and O–H groups in total. The smallest absolute Gasteiger partial charge is 0.364 e. The van der Waals surface area contributed by atoms with Crippen LogP contribution in [0, 0.1) is 6.92 Å². The van der Waals surface area contributed by atoms with Crippen molar-refractivity contribution in [3.63, 3.8) is 0 Å². The summed E-state index contributed by atoms with van der Waals surface area (Å²) in [5, 5.41) is 2.76. The molecule has 9 heteroatoms. The second kappa shape index (κ2) is 5.92. The number of nitrogens with two attached hydrogens (primary N) is 1. The van der Waals surface area contributed by atoms with Crippen molar-refractivity contribution in [2.75, 3.05) is 10.7 Å². The number of aryl methyl sites for hydroxylation is 1. The van der Waals surface area contributed by atoms with Crippen LogP contribution in [-0.4, -0.2) is 15.0 Å². The third-order valence-corrected chi connectivity index (χ3v) is 2.59. The predicted octanol–water partition coefficient (Wildman–Crippen LogP) is 2.10. The molecule has 0 bridgehead atoms. The molecule has 6 nitrogen and oxygen atoms in total. The van der Waals surface area contributed by atoms with Gasteiger partial charge in [-0.05, 0) is 19.1 Å². The molecule has 0 unspecified atom stereocenters. The maximum atomic E-state index is 12.7. The molecular formula is C12H13F3N6. The van der Waals surface area contributed by atoms with Crippen molar-refractivity contribution >= 4 is 11.6 Å². The zero-order valence-corrected chi connectivity index (χ0v) is 11.1. The minimum atomic E-state index is -4.48. The van der Waals surface area contributed by atoms with Crippen LogP contribution in [0.3, 0.4) is 0 Å². The first-order valence-corrected chi connectivity index (χ1v) is 5.96. The summed E-state index contributed by atoms with van der Waals surface area (Å²) in [6.45, 7) is 1.99. The van der Waals surface area contributed by atoms with Crippen LogP contribution in [-0.2, 0) is 12.7 Å². The number of alkyl halides is 3. The highest BCUT2D eigenvalue weighted by Crippen LogP contribution is 2.31. The van der Waals surface area contributed by atoms with Crippen LogP contribution in [0.2, 0.25) is 0 Å². The average Bonchev–Trinajstić information content (AvgIpc) is 2.45. The second-order valence-electron chi connectivity index (χ2n) is 4.27. The van der Waals surface area contributed by atoms with Gasteiger partial charge < -0.3 is 10.7 Å².